The molecule has 1 aliphatic rings. The Morgan fingerprint density at radius 3 is 1.86 bits per heavy atom. The summed E-state index contributed by atoms with van der Waals surface area (Å²) in [6, 6.07) is -0.414. The highest BCUT2D eigenvalue weighted by atomic mass is 35.5. The third-order valence-corrected chi connectivity index (χ3v) is 3.66. The highest BCUT2D eigenvalue weighted by Gasteiger charge is 2.26. The summed E-state index contributed by atoms with van der Waals surface area (Å²) < 4.78 is 0. The molecule has 21 heavy (non-hydrogen) atoms. The van der Waals surface area contributed by atoms with Gasteiger partial charge in [-0.25, -0.2) is 0 Å². The zero-order valence-electron chi connectivity index (χ0n) is 13.7. The van der Waals surface area contributed by atoms with E-state index in [-0.39, 0.29) is 30.1 Å². The van der Waals surface area contributed by atoms with Gasteiger partial charge in [-0.15, -0.1) is 12.4 Å². The second kappa shape index (κ2) is 9.26. The fourth-order valence-electron chi connectivity index (χ4n) is 2.57. The van der Waals surface area contributed by atoms with Gasteiger partial charge in [-0.3, -0.25) is 9.59 Å². The molecule has 1 heterocycles. The zero-order chi connectivity index (χ0) is 15.3. The Morgan fingerprint density at radius 1 is 0.952 bits per heavy atom. The quantitative estimate of drug-likeness (QED) is 0.854. The van der Waals surface area contributed by atoms with Crippen LogP contribution in [0.2, 0.25) is 0 Å². The Kier molecular flexibility index (Phi) is 8.90. The maximum absolute atomic E-state index is 12.3. The van der Waals surface area contributed by atoms with Gasteiger partial charge in [-0.2, -0.15) is 0 Å². The third kappa shape index (κ3) is 6.22. The number of amides is 2. The lowest BCUT2D eigenvalue weighted by atomic mass is 10.0. The Hall–Kier alpha value is -0.810. The summed E-state index contributed by atoms with van der Waals surface area (Å²) in [5.41, 5.74) is 5.97. The molecule has 0 unspecified atom stereocenters. The number of carbonyl (C=O) groups is 2. The van der Waals surface area contributed by atoms with Gasteiger partial charge in [-0.05, 0) is 18.8 Å². The first-order valence-electron chi connectivity index (χ1n) is 7.66. The molecule has 1 saturated heterocycles. The van der Waals surface area contributed by atoms with Crippen molar-refractivity contribution in [3.63, 3.8) is 0 Å². The van der Waals surface area contributed by atoms with E-state index in [2.05, 4.69) is 13.8 Å². The fourth-order valence-corrected chi connectivity index (χ4v) is 2.57. The van der Waals surface area contributed by atoms with Crippen LogP contribution in [-0.4, -0.2) is 53.8 Å². The molecule has 0 saturated carbocycles. The molecular weight excluding hydrogens is 290 g/mol. The van der Waals surface area contributed by atoms with E-state index in [0.29, 0.717) is 32.0 Å². The van der Waals surface area contributed by atoms with Crippen molar-refractivity contribution < 1.29 is 9.59 Å². The van der Waals surface area contributed by atoms with Gasteiger partial charge in [0.05, 0.1) is 6.04 Å². The van der Waals surface area contributed by atoms with Crippen LogP contribution < -0.4 is 5.73 Å². The number of nitrogens with two attached hydrogens (primary N) is 1. The molecule has 0 aromatic heterocycles. The Bertz CT molecular complexity index is 348. The summed E-state index contributed by atoms with van der Waals surface area (Å²) in [5.74, 6) is 0.628. The van der Waals surface area contributed by atoms with Crippen molar-refractivity contribution in [2.75, 3.05) is 26.2 Å². The summed E-state index contributed by atoms with van der Waals surface area (Å²) >= 11 is 0. The lowest BCUT2D eigenvalue weighted by molar-refractivity contribution is -0.136. The van der Waals surface area contributed by atoms with Crippen LogP contribution in [0.15, 0.2) is 0 Å². The molecule has 2 amide bonds. The monoisotopic (exact) mass is 319 g/mol. The van der Waals surface area contributed by atoms with Crippen molar-refractivity contribution in [3.8, 4) is 0 Å². The average Bonchev–Trinajstić information content (AvgIpc) is 2.61. The summed E-state index contributed by atoms with van der Waals surface area (Å²) in [6.07, 6.45) is 1.54. The van der Waals surface area contributed by atoms with E-state index >= 15 is 0 Å². The first kappa shape index (κ1) is 20.2. The highest BCUT2D eigenvalue weighted by Crippen LogP contribution is 2.11. The van der Waals surface area contributed by atoms with E-state index in [9.17, 15) is 9.59 Å². The molecule has 5 nitrogen and oxygen atoms in total. The van der Waals surface area contributed by atoms with Gasteiger partial charge in [-0.1, -0.05) is 27.7 Å². The predicted octanol–water partition coefficient (Wildman–Crippen LogP) is 1.50. The zero-order valence-corrected chi connectivity index (χ0v) is 14.5. The molecule has 0 bridgehead atoms. The number of carbonyl (C=O) groups excluding carboxylic acids is 2. The SMILES string of the molecule is CC(C)C[C@H](N)C(=O)N1CCCN(C(=O)C(C)C)CC1.Cl. The fraction of sp³-hybridized carbons (Fsp3) is 0.867. The van der Waals surface area contributed by atoms with Gasteiger partial charge >= 0.3 is 0 Å². The number of hydrogen-bond donors (Lipinski definition) is 1. The predicted molar refractivity (Wildman–Crippen MR) is 87.3 cm³/mol. The second-order valence-corrected chi connectivity index (χ2v) is 6.39. The van der Waals surface area contributed by atoms with Gasteiger partial charge in [0.1, 0.15) is 0 Å². The van der Waals surface area contributed by atoms with Crippen molar-refractivity contribution in [1.29, 1.82) is 0 Å². The van der Waals surface area contributed by atoms with Crippen molar-refractivity contribution in [2.24, 2.45) is 17.6 Å². The van der Waals surface area contributed by atoms with Gasteiger partial charge < -0.3 is 15.5 Å². The van der Waals surface area contributed by atoms with Crippen LogP contribution >= 0.6 is 12.4 Å². The average molecular weight is 320 g/mol. The highest BCUT2D eigenvalue weighted by molar-refractivity contribution is 5.85. The van der Waals surface area contributed by atoms with Crippen LogP contribution in [0.4, 0.5) is 0 Å². The molecule has 2 N–H and O–H groups in total. The van der Waals surface area contributed by atoms with Crippen LogP contribution in [0, 0.1) is 11.8 Å². The van der Waals surface area contributed by atoms with Crippen LogP contribution in [0.5, 0.6) is 0 Å². The van der Waals surface area contributed by atoms with E-state index in [1.807, 2.05) is 23.6 Å². The molecular formula is C15H30ClN3O2. The first-order chi connectivity index (χ1) is 9.32. The molecule has 1 fully saturated rings. The molecule has 0 radical (unpaired) electrons. The Morgan fingerprint density at radius 2 is 1.43 bits per heavy atom. The summed E-state index contributed by atoms with van der Waals surface area (Å²) in [6.45, 7) is 10.6. The molecule has 1 rings (SSSR count). The van der Waals surface area contributed by atoms with Gasteiger partial charge in [0.15, 0.2) is 0 Å². The minimum atomic E-state index is -0.414. The molecule has 0 aliphatic carbocycles. The number of hydrogen-bond acceptors (Lipinski definition) is 3. The Balaban J connectivity index is 0.00000400. The van der Waals surface area contributed by atoms with Gasteiger partial charge in [0.2, 0.25) is 11.8 Å². The van der Waals surface area contributed by atoms with Crippen molar-refractivity contribution in [3.05, 3.63) is 0 Å². The number of halogens is 1. The smallest absolute Gasteiger partial charge is 0.239 e. The van der Waals surface area contributed by atoms with Gasteiger partial charge in [0, 0.05) is 32.1 Å². The van der Waals surface area contributed by atoms with Crippen LogP contribution in [-0.2, 0) is 9.59 Å². The van der Waals surface area contributed by atoms with Crippen molar-refractivity contribution in [1.82, 2.24) is 9.80 Å². The van der Waals surface area contributed by atoms with Crippen LogP contribution in [0.25, 0.3) is 0 Å². The maximum Gasteiger partial charge on any atom is 0.239 e. The van der Waals surface area contributed by atoms with E-state index in [1.165, 1.54) is 0 Å². The molecule has 0 spiro atoms. The molecule has 124 valence electrons. The number of rotatable bonds is 4. The van der Waals surface area contributed by atoms with Crippen LogP contribution in [0.3, 0.4) is 0 Å². The van der Waals surface area contributed by atoms with Crippen molar-refractivity contribution in [2.45, 2.75) is 46.6 Å². The molecule has 6 heteroatoms. The minimum absolute atomic E-state index is 0. The van der Waals surface area contributed by atoms with E-state index in [1.54, 1.807) is 0 Å². The molecule has 0 aromatic carbocycles. The lowest BCUT2D eigenvalue weighted by Crippen LogP contribution is -2.46. The summed E-state index contributed by atoms with van der Waals surface area (Å²) in [7, 11) is 0. The van der Waals surface area contributed by atoms with Gasteiger partial charge in [0.25, 0.3) is 0 Å². The van der Waals surface area contributed by atoms with E-state index < -0.39 is 6.04 Å². The van der Waals surface area contributed by atoms with Crippen molar-refractivity contribution >= 4 is 24.2 Å². The normalized spacial score (nSPS) is 17.5. The summed E-state index contributed by atoms with van der Waals surface area (Å²) in [5, 5.41) is 0. The Labute approximate surface area is 134 Å². The second-order valence-electron chi connectivity index (χ2n) is 6.39. The lowest BCUT2D eigenvalue weighted by Gasteiger charge is -2.25. The first-order valence-corrected chi connectivity index (χ1v) is 7.66. The topological polar surface area (TPSA) is 66.6 Å². The molecule has 0 aromatic rings. The minimum Gasteiger partial charge on any atom is -0.341 e. The largest absolute Gasteiger partial charge is 0.341 e. The van der Waals surface area contributed by atoms with E-state index in [0.717, 1.165) is 13.0 Å². The summed E-state index contributed by atoms with van der Waals surface area (Å²) in [4.78, 5) is 28.0. The third-order valence-electron chi connectivity index (χ3n) is 3.66. The molecule has 1 aliphatic heterocycles. The number of nitrogens with zero attached hydrogens (tertiary/aromatic N) is 2. The van der Waals surface area contributed by atoms with E-state index in [4.69, 9.17) is 5.73 Å². The van der Waals surface area contributed by atoms with Crippen LogP contribution in [0.1, 0.15) is 40.5 Å². The standard InChI is InChI=1S/C15H29N3O2.ClH/c1-11(2)10-13(16)15(20)18-7-5-6-17(8-9-18)14(19)12(3)4;/h11-13H,5-10,16H2,1-4H3;1H/t13-;/m0./s1. The molecule has 1 atom stereocenters. The maximum atomic E-state index is 12.3.